The number of methoxy groups -OCH3 is 1. The normalized spacial score (nSPS) is 21.7. The summed E-state index contributed by atoms with van der Waals surface area (Å²) in [6.45, 7) is 11.1. The number of anilines is 1. The maximum atomic E-state index is 14.5. The summed E-state index contributed by atoms with van der Waals surface area (Å²) < 4.78 is 31.2. The number of amides is 2. The van der Waals surface area contributed by atoms with Gasteiger partial charge in [0.25, 0.3) is 0 Å². The maximum Gasteiger partial charge on any atom is 0.308 e. The SMILES string of the molecule is CCCC(CCC)N(C(=O)CN1C[C@H](c2cc(OC)c3c(c2)OCO3)C(C(=O)O)[C@@H]1CCN1CCC(C)(C)C1=O)c1ccc(F)c(C)c1. The summed E-state index contributed by atoms with van der Waals surface area (Å²) in [5.74, 6) is -1.33. The van der Waals surface area contributed by atoms with Crippen LogP contribution >= 0.6 is 0 Å². The van der Waals surface area contributed by atoms with Crippen LogP contribution in [0.15, 0.2) is 30.3 Å². The molecule has 0 spiro atoms. The molecule has 1 unspecified atom stereocenters. The molecule has 3 atom stereocenters. The molecule has 2 aromatic rings. The van der Waals surface area contributed by atoms with E-state index in [-0.39, 0.29) is 37.0 Å². The first-order valence-corrected chi connectivity index (χ1v) is 17.2. The summed E-state index contributed by atoms with van der Waals surface area (Å²) in [5.41, 5.74) is 1.36. The number of likely N-dealkylation sites (tertiary alicyclic amines) is 2. The zero-order valence-corrected chi connectivity index (χ0v) is 29.1. The molecule has 0 saturated carbocycles. The number of hydrogen-bond donors (Lipinski definition) is 1. The van der Waals surface area contributed by atoms with Gasteiger partial charge >= 0.3 is 5.97 Å². The number of aryl methyl sites for hydroxylation is 1. The van der Waals surface area contributed by atoms with Gasteiger partial charge in [-0.25, -0.2) is 4.39 Å². The lowest BCUT2D eigenvalue weighted by Crippen LogP contribution is -2.48. The molecule has 0 aromatic heterocycles. The minimum Gasteiger partial charge on any atom is -0.493 e. The van der Waals surface area contributed by atoms with E-state index in [0.717, 1.165) is 37.7 Å². The van der Waals surface area contributed by atoms with E-state index in [1.165, 1.54) is 13.2 Å². The molecular formula is C37H50FN3O7. The zero-order valence-electron chi connectivity index (χ0n) is 29.1. The number of aliphatic carboxylic acids is 1. The van der Waals surface area contributed by atoms with Crippen LogP contribution in [0.25, 0.3) is 0 Å². The molecule has 48 heavy (non-hydrogen) atoms. The topological polar surface area (TPSA) is 109 Å². The summed E-state index contributed by atoms with van der Waals surface area (Å²) >= 11 is 0. The highest BCUT2D eigenvalue weighted by Crippen LogP contribution is 2.47. The van der Waals surface area contributed by atoms with Crippen LogP contribution in [0, 0.1) is 24.1 Å². The van der Waals surface area contributed by atoms with Crippen LogP contribution in [0.1, 0.15) is 83.3 Å². The molecule has 3 heterocycles. The average molecular weight is 668 g/mol. The van der Waals surface area contributed by atoms with Crippen LogP contribution in [0.5, 0.6) is 17.2 Å². The van der Waals surface area contributed by atoms with E-state index in [4.69, 9.17) is 14.2 Å². The van der Waals surface area contributed by atoms with Gasteiger partial charge in [0.15, 0.2) is 11.5 Å². The van der Waals surface area contributed by atoms with E-state index in [1.807, 2.05) is 29.7 Å². The number of nitrogens with zero attached hydrogens (tertiary/aromatic N) is 3. The molecule has 2 aromatic carbocycles. The first-order chi connectivity index (χ1) is 22.9. The maximum absolute atomic E-state index is 14.5. The lowest BCUT2D eigenvalue weighted by atomic mass is 9.84. The van der Waals surface area contributed by atoms with E-state index in [1.54, 1.807) is 30.0 Å². The molecule has 0 aliphatic carbocycles. The van der Waals surface area contributed by atoms with Crippen LogP contribution in [0.3, 0.4) is 0 Å². The number of carboxylic acid groups (broad SMARTS) is 1. The van der Waals surface area contributed by atoms with Crippen LogP contribution in [-0.2, 0) is 14.4 Å². The van der Waals surface area contributed by atoms with Crippen LogP contribution in [-0.4, -0.2) is 84.9 Å². The standard InChI is InChI=1S/C37H50FN3O7/c1-7-9-25(10-8-2)41(26-11-12-28(38)23(3)17-26)32(42)21-40-20-27(24-18-30(46-6)34-31(19-24)47-22-48-34)33(35(43)44)29(40)13-15-39-16-14-37(4,5)36(39)45/h11-12,17-19,25,27,29,33H,7-10,13-16,20-22H2,1-6H3,(H,43,44)/t27-,29+,33?/m1/s1. The number of benzene rings is 2. The number of ether oxygens (including phenoxy) is 3. The number of carboxylic acids is 1. The third-order valence-corrected chi connectivity index (χ3v) is 10.3. The van der Waals surface area contributed by atoms with Crippen molar-refractivity contribution in [2.75, 3.05) is 45.0 Å². The highest BCUT2D eigenvalue weighted by molar-refractivity contribution is 5.95. The molecule has 0 bridgehead atoms. The summed E-state index contributed by atoms with van der Waals surface area (Å²) in [4.78, 5) is 46.4. The van der Waals surface area contributed by atoms with E-state index >= 15 is 0 Å². The van der Waals surface area contributed by atoms with E-state index in [0.29, 0.717) is 54.6 Å². The second-order valence-corrected chi connectivity index (χ2v) is 14.1. The molecule has 2 fully saturated rings. The summed E-state index contributed by atoms with van der Waals surface area (Å²) in [6.07, 6.45) is 4.44. The highest BCUT2D eigenvalue weighted by Gasteiger charge is 2.49. The Morgan fingerprint density at radius 1 is 1.15 bits per heavy atom. The Morgan fingerprint density at radius 2 is 1.88 bits per heavy atom. The molecule has 10 nitrogen and oxygen atoms in total. The summed E-state index contributed by atoms with van der Waals surface area (Å²) in [7, 11) is 1.53. The number of fused-ring (bicyclic) bond motifs is 1. The fourth-order valence-corrected chi connectivity index (χ4v) is 7.76. The van der Waals surface area contributed by atoms with Crippen molar-refractivity contribution in [1.82, 2.24) is 9.80 Å². The average Bonchev–Trinajstić information content (AvgIpc) is 3.73. The molecule has 5 rings (SSSR count). The van der Waals surface area contributed by atoms with Crippen molar-refractivity contribution >= 4 is 23.5 Å². The fourth-order valence-electron chi connectivity index (χ4n) is 7.76. The predicted molar refractivity (Wildman–Crippen MR) is 180 cm³/mol. The molecule has 11 heteroatoms. The van der Waals surface area contributed by atoms with Crippen molar-refractivity contribution in [2.45, 2.75) is 91.1 Å². The fraction of sp³-hybridized carbons (Fsp3) is 0.595. The van der Waals surface area contributed by atoms with Gasteiger partial charge in [0.2, 0.25) is 24.4 Å². The van der Waals surface area contributed by atoms with E-state index < -0.39 is 29.3 Å². The molecule has 3 aliphatic heterocycles. The van der Waals surface area contributed by atoms with Crippen LogP contribution < -0.4 is 19.1 Å². The number of halogens is 1. The Hall–Kier alpha value is -3.86. The Morgan fingerprint density at radius 3 is 2.48 bits per heavy atom. The lowest BCUT2D eigenvalue weighted by molar-refractivity contribution is -0.143. The van der Waals surface area contributed by atoms with Gasteiger partial charge in [0.05, 0.1) is 19.6 Å². The second-order valence-electron chi connectivity index (χ2n) is 14.1. The molecule has 1 N–H and O–H groups in total. The van der Waals surface area contributed by atoms with Crippen molar-refractivity contribution < 1.29 is 38.1 Å². The van der Waals surface area contributed by atoms with Crippen molar-refractivity contribution in [2.24, 2.45) is 11.3 Å². The van der Waals surface area contributed by atoms with Crippen LogP contribution in [0.2, 0.25) is 0 Å². The van der Waals surface area contributed by atoms with Gasteiger partial charge < -0.3 is 29.1 Å². The Balaban J connectivity index is 1.51. The van der Waals surface area contributed by atoms with Crippen LogP contribution in [0.4, 0.5) is 10.1 Å². The minimum atomic E-state index is -0.967. The minimum absolute atomic E-state index is 0.0214. The molecular weight excluding hydrogens is 617 g/mol. The van der Waals surface area contributed by atoms with Gasteiger partial charge in [0, 0.05) is 48.7 Å². The van der Waals surface area contributed by atoms with E-state index in [9.17, 15) is 23.9 Å². The highest BCUT2D eigenvalue weighted by atomic mass is 19.1. The van der Waals surface area contributed by atoms with Gasteiger partial charge in [-0.05, 0) is 74.1 Å². The smallest absolute Gasteiger partial charge is 0.308 e. The molecule has 2 saturated heterocycles. The second kappa shape index (κ2) is 14.7. The summed E-state index contributed by atoms with van der Waals surface area (Å²) in [5, 5.41) is 10.8. The third kappa shape index (κ3) is 7.11. The van der Waals surface area contributed by atoms with Crippen molar-refractivity contribution in [1.29, 1.82) is 0 Å². The van der Waals surface area contributed by atoms with Crippen molar-refractivity contribution in [3.8, 4) is 17.2 Å². The quantitative estimate of drug-likeness (QED) is 0.262. The zero-order chi connectivity index (χ0) is 34.7. The van der Waals surface area contributed by atoms with Gasteiger partial charge in [0.1, 0.15) is 5.82 Å². The van der Waals surface area contributed by atoms with E-state index in [2.05, 4.69) is 13.8 Å². The number of carbonyl (C=O) groups is 3. The van der Waals surface area contributed by atoms with Crippen molar-refractivity contribution in [3.05, 3.63) is 47.3 Å². The molecule has 262 valence electrons. The first kappa shape index (κ1) is 35.4. The first-order valence-electron chi connectivity index (χ1n) is 17.2. The Labute approximate surface area is 283 Å². The van der Waals surface area contributed by atoms with Gasteiger partial charge in [-0.1, -0.05) is 40.5 Å². The molecule has 3 aliphatic rings. The third-order valence-electron chi connectivity index (χ3n) is 10.3. The van der Waals surface area contributed by atoms with Gasteiger partial charge in [-0.15, -0.1) is 0 Å². The van der Waals surface area contributed by atoms with Gasteiger partial charge in [-0.2, -0.15) is 0 Å². The lowest BCUT2D eigenvalue weighted by Gasteiger charge is -2.35. The molecule has 0 radical (unpaired) electrons. The summed E-state index contributed by atoms with van der Waals surface area (Å²) in [6, 6.07) is 7.76. The Bertz CT molecular complexity index is 1510. The number of hydrogen-bond acceptors (Lipinski definition) is 7. The van der Waals surface area contributed by atoms with Crippen molar-refractivity contribution in [3.63, 3.8) is 0 Å². The largest absolute Gasteiger partial charge is 0.493 e. The predicted octanol–water partition coefficient (Wildman–Crippen LogP) is 5.99. The number of rotatable bonds is 14. The van der Waals surface area contributed by atoms with Gasteiger partial charge in [-0.3, -0.25) is 19.3 Å². The number of carbonyl (C=O) groups excluding carboxylic acids is 2. The Kier molecular flexibility index (Phi) is 10.9. The monoisotopic (exact) mass is 667 g/mol. The molecule has 2 amide bonds.